The molecule has 0 N–H and O–H groups in total. The van der Waals surface area contributed by atoms with E-state index in [0.717, 1.165) is 5.56 Å². The minimum absolute atomic E-state index is 0.381. The molecule has 1 aromatic heterocycles. The van der Waals surface area contributed by atoms with Gasteiger partial charge in [-0.15, -0.1) is 0 Å². The Kier molecular flexibility index (Phi) is 4.82. The molecule has 10 heteroatoms. The molecule has 1 aromatic carbocycles. The molecule has 5 amide bonds. The molecule has 4 rings (SSSR count). The van der Waals surface area contributed by atoms with Crippen LogP contribution in [0, 0.1) is 0 Å². The maximum absolute atomic E-state index is 13.0. The van der Waals surface area contributed by atoms with Crippen molar-refractivity contribution in [3.8, 4) is 5.75 Å². The lowest BCUT2D eigenvalue weighted by Crippen LogP contribution is -2.41. The summed E-state index contributed by atoms with van der Waals surface area (Å²) in [6.07, 6.45) is 1.87. The second-order valence-electron chi connectivity index (χ2n) is 6.79. The van der Waals surface area contributed by atoms with Crippen molar-refractivity contribution in [1.82, 2.24) is 14.8 Å². The molecule has 2 aliphatic rings. The highest BCUT2D eigenvalue weighted by Gasteiger charge is 2.45. The Labute approximate surface area is 171 Å². The number of benzene rings is 1. The van der Waals surface area contributed by atoms with E-state index in [-0.39, 0.29) is 0 Å². The van der Waals surface area contributed by atoms with Crippen molar-refractivity contribution >= 4 is 29.5 Å². The van der Waals surface area contributed by atoms with Crippen molar-refractivity contribution < 1.29 is 28.3 Å². The highest BCUT2D eigenvalue weighted by molar-refractivity contribution is 6.44. The van der Waals surface area contributed by atoms with Gasteiger partial charge in [0, 0.05) is 13.5 Å². The fourth-order valence-electron chi connectivity index (χ4n) is 3.36. The number of likely N-dealkylation sites (N-methyl/N-ethyl adjacent to an activating group) is 1. The number of carbonyl (C=O) groups excluding carboxylic acids is 4. The van der Waals surface area contributed by atoms with Gasteiger partial charge in [-0.05, 0) is 42.0 Å². The third-order valence-electron chi connectivity index (χ3n) is 5.00. The lowest BCUT2D eigenvalue weighted by atomic mass is 10.0. The summed E-state index contributed by atoms with van der Waals surface area (Å²) in [5.41, 5.74) is 1.44. The van der Waals surface area contributed by atoms with Crippen molar-refractivity contribution in [1.29, 1.82) is 0 Å². The molecule has 1 atom stereocenters. The van der Waals surface area contributed by atoms with E-state index in [2.05, 4.69) is 5.10 Å². The van der Waals surface area contributed by atoms with Crippen LogP contribution in [-0.4, -0.2) is 65.0 Å². The predicted molar refractivity (Wildman–Crippen MR) is 102 cm³/mol. The molecule has 0 radical (unpaired) electrons. The van der Waals surface area contributed by atoms with Gasteiger partial charge in [-0.3, -0.25) is 19.3 Å². The summed E-state index contributed by atoms with van der Waals surface area (Å²) in [5.74, 6) is -1.41. The Bertz CT molecular complexity index is 1040. The fraction of sp³-hybridized carbons (Fsp3) is 0.250. The van der Waals surface area contributed by atoms with Crippen LogP contribution in [-0.2, 0) is 14.4 Å². The van der Waals surface area contributed by atoms with Gasteiger partial charge in [0.2, 0.25) is 0 Å². The van der Waals surface area contributed by atoms with Crippen LogP contribution < -0.4 is 4.74 Å². The number of hydrazone groups is 1. The van der Waals surface area contributed by atoms with Crippen molar-refractivity contribution in [3.63, 3.8) is 0 Å². The molecule has 2 aromatic rings. The molecular formula is C20H18N4O6. The monoisotopic (exact) mass is 410 g/mol. The van der Waals surface area contributed by atoms with Gasteiger partial charge >= 0.3 is 17.8 Å². The number of rotatable bonds is 5. The third kappa shape index (κ3) is 3.21. The summed E-state index contributed by atoms with van der Waals surface area (Å²) < 4.78 is 10.6. The van der Waals surface area contributed by atoms with Gasteiger partial charge in [-0.2, -0.15) is 5.10 Å². The molecular weight excluding hydrogens is 392 g/mol. The Balaban J connectivity index is 1.61. The first-order chi connectivity index (χ1) is 14.4. The summed E-state index contributed by atoms with van der Waals surface area (Å²) in [4.78, 5) is 50.1. The Morgan fingerprint density at radius 2 is 1.90 bits per heavy atom. The largest absolute Gasteiger partial charge is 0.497 e. The van der Waals surface area contributed by atoms with Crippen LogP contribution in [0.2, 0.25) is 0 Å². The molecule has 0 spiro atoms. The molecule has 10 nitrogen and oxygen atoms in total. The number of imide groups is 2. The number of furan rings is 1. The lowest BCUT2D eigenvalue weighted by Gasteiger charge is -2.21. The molecule has 0 unspecified atom stereocenters. The SMILES string of the molecule is COc1ccc(C2=NN(C(=O)CN3C(=O)C(=O)N(C)C3=O)[C@H](c3ccco3)C2)cc1. The van der Waals surface area contributed by atoms with E-state index in [1.807, 2.05) is 12.1 Å². The molecule has 0 aliphatic carbocycles. The number of hydrogen-bond donors (Lipinski definition) is 0. The molecule has 2 aliphatic heterocycles. The first-order valence-electron chi connectivity index (χ1n) is 9.11. The number of nitrogens with zero attached hydrogens (tertiary/aromatic N) is 4. The van der Waals surface area contributed by atoms with E-state index in [9.17, 15) is 19.2 Å². The average molecular weight is 410 g/mol. The summed E-state index contributed by atoms with van der Waals surface area (Å²) >= 11 is 0. The zero-order chi connectivity index (χ0) is 21.4. The topological polar surface area (TPSA) is 113 Å². The van der Waals surface area contributed by atoms with Crippen LogP contribution in [0.15, 0.2) is 52.2 Å². The quantitative estimate of drug-likeness (QED) is 0.544. The molecule has 30 heavy (non-hydrogen) atoms. The molecule has 1 fully saturated rings. The van der Waals surface area contributed by atoms with Gasteiger partial charge < -0.3 is 9.15 Å². The maximum Gasteiger partial charge on any atom is 0.334 e. The van der Waals surface area contributed by atoms with E-state index in [4.69, 9.17) is 9.15 Å². The van der Waals surface area contributed by atoms with Crippen molar-refractivity contribution in [3.05, 3.63) is 54.0 Å². The Morgan fingerprint density at radius 1 is 1.17 bits per heavy atom. The van der Waals surface area contributed by atoms with Gasteiger partial charge in [0.1, 0.15) is 24.1 Å². The average Bonchev–Trinajstić information content (AvgIpc) is 3.48. The molecule has 154 valence electrons. The van der Waals surface area contributed by atoms with Gasteiger partial charge in [-0.25, -0.2) is 14.7 Å². The molecule has 1 saturated heterocycles. The zero-order valence-electron chi connectivity index (χ0n) is 16.3. The Morgan fingerprint density at radius 3 is 2.47 bits per heavy atom. The first kappa shape index (κ1) is 19.4. The van der Waals surface area contributed by atoms with Crippen LogP contribution in [0.5, 0.6) is 5.75 Å². The van der Waals surface area contributed by atoms with E-state index >= 15 is 0 Å². The van der Waals surface area contributed by atoms with Gasteiger partial charge in [0.05, 0.1) is 19.1 Å². The first-order valence-corrected chi connectivity index (χ1v) is 9.11. The van der Waals surface area contributed by atoms with E-state index in [0.29, 0.717) is 33.4 Å². The van der Waals surface area contributed by atoms with Crippen molar-refractivity contribution in [2.24, 2.45) is 5.10 Å². The number of ether oxygens (including phenoxy) is 1. The Hall–Kier alpha value is -3.95. The third-order valence-corrected chi connectivity index (χ3v) is 5.00. The van der Waals surface area contributed by atoms with Crippen LogP contribution in [0.1, 0.15) is 23.8 Å². The van der Waals surface area contributed by atoms with Gasteiger partial charge in [0.25, 0.3) is 5.91 Å². The summed E-state index contributed by atoms with van der Waals surface area (Å²) in [6.45, 7) is -0.593. The van der Waals surface area contributed by atoms with Gasteiger partial charge in [-0.1, -0.05) is 0 Å². The smallest absolute Gasteiger partial charge is 0.334 e. The van der Waals surface area contributed by atoms with Crippen molar-refractivity contribution in [2.45, 2.75) is 12.5 Å². The number of urea groups is 1. The van der Waals surface area contributed by atoms with Crippen LogP contribution in [0.25, 0.3) is 0 Å². The standard InChI is InChI=1S/C20H18N4O6/c1-22-18(26)19(27)23(20(22)28)11-17(25)24-15(16-4-3-9-30-16)10-14(21-24)12-5-7-13(29-2)8-6-12/h3-9,15H,10-11H2,1-2H3/t15-/m0/s1. The van der Waals surface area contributed by atoms with Crippen LogP contribution in [0.3, 0.4) is 0 Å². The normalized spacial score (nSPS) is 19.0. The number of amides is 5. The minimum Gasteiger partial charge on any atom is -0.497 e. The minimum atomic E-state index is -1.04. The second kappa shape index (κ2) is 7.47. The number of hydrogen-bond acceptors (Lipinski definition) is 7. The second-order valence-corrected chi connectivity index (χ2v) is 6.79. The van der Waals surface area contributed by atoms with Crippen LogP contribution >= 0.6 is 0 Å². The number of methoxy groups -OCH3 is 1. The number of carbonyl (C=O) groups is 4. The van der Waals surface area contributed by atoms with Gasteiger partial charge in [0.15, 0.2) is 0 Å². The maximum atomic E-state index is 13.0. The lowest BCUT2D eigenvalue weighted by molar-refractivity contribution is -0.145. The molecule has 0 bridgehead atoms. The highest BCUT2D eigenvalue weighted by Crippen LogP contribution is 2.33. The zero-order valence-corrected chi connectivity index (χ0v) is 16.3. The van der Waals surface area contributed by atoms with E-state index in [1.54, 1.807) is 31.4 Å². The summed E-state index contributed by atoms with van der Waals surface area (Å²) in [7, 11) is 2.76. The summed E-state index contributed by atoms with van der Waals surface area (Å²) in [6, 6.07) is 9.27. The van der Waals surface area contributed by atoms with Crippen molar-refractivity contribution in [2.75, 3.05) is 20.7 Å². The van der Waals surface area contributed by atoms with E-state index < -0.39 is 36.3 Å². The van der Waals surface area contributed by atoms with Crippen LogP contribution in [0.4, 0.5) is 4.79 Å². The molecule has 3 heterocycles. The molecule has 0 saturated carbocycles. The van der Waals surface area contributed by atoms with E-state index in [1.165, 1.54) is 18.3 Å². The highest BCUT2D eigenvalue weighted by atomic mass is 16.5. The fourth-order valence-corrected chi connectivity index (χ4v) is 3.36. The predicted octanol–water partition coefficient (Wildman–Crippen LogP) is 1.39. The summed E-state index contributed by atoms with van der Waals surface area (Å²) in [5, 5.41) is 5.63.